The Morgan fingerprint density at radius 2 is 2.00 bits per heavy atom. The summed E-state index contributed by atoms with van der Waals surface area (Å²) in [5, 5.41) is 10.0. The Balaban J connectivity index is 2.22. The monoisotopic (exact) mass is 288 g/mol. The molecule has 1 aliphatic rings. The van der Waals surface area contributed by atoms with Crippen LogP contribution in [0, 0.1) is 0 Å². The molecule has 6 nitrogen and oxygen atoms in total. The highest BCUT2D eigenvalue weighted by atomic mass is 16.6. The molecule has 0 radical (unpaired) electrons. The van der Waals surface area contributed by atoms with Gasteiger partial charge in [-0.25, -0.2) is 4.79 Å². The van der Waals surface area contributed by atoms with Gasteiger partial charge in [0.25, 0.3) is 0 Å². The highest BCUT2D eigenvalue weighted by molar-refractivity contribution is 5.67. The summed E-state index contributed by atoms with van der Waals surface area (Å²) in [5.74, 6) is 0. The van der Waals surface area contributed by atoms with Crippen molar-refractivity contribution in [1.29, 1.82) is 0 Å². The summed E-state index contributed by atoms with van der Waals surface area (Å²) in [6, 6.07) is 0. The van der Waals surface area contributed by atoms with Crippen LogP contribution in [0.2, 0.25) is 0 Å². The molecule has 1 saturated heterocycles. The van der Waals surface area contributed by atoms with Crippen molar-refractivity contribution in [3.05, 3.63) is 0 Å². The molecule has 118 valence electrons. The van der Waals surface area contributed by atoms with E-state index < -0.39 is 11.7 Å². The lowest BCUT2D eigenvalue weighted by Gasteiger charge is -2.29. The summed E-state index contributed by atoms with van der Waals surface area (Å²) in [6.07, 6.45) is -0.235. The van der Waals surface area contributed by atoms with Crippen molar-refractivity contribution in [2.24, 2.45) is 0 Å². The van der Waals surface area contributed by atoms with E-state index in [0.717, 1.165) is 26.3 Å². The summed E-state index contributed by atoms with van der Waals surface area (Å²) in [6.45, 7) is 9.81. The van der Waals surface area contributed by atoms with Gasteiger partial charge in [-0.2, -0.15) is 0 Å². The first-order valence-corrected chi connectivity index (χ1v) is 7.20. The fourth-order valence-electron chi connectivity index (χ4n) is 1.95. The van der Waals surface area contributed by atoms with Crippen LogP contribution < -0.4 is 0 Å². The predicted molar refractivity (Wildman–Crippen MR) is 76.7 cm³/mol. The Kier molecular flexibility index (Phi) is 6.71. The van der Waals surface area contributed by atoms with Gasteiger partial charge < -0.3 is 19.5 Å². The van der Waals surface area contributed by atoms with Crippen LogP contribution in [-0.2, 0) is 9.47 Å². The molecule has 1 heterocycles. The Morgan fingerprint density at radius 1 is 1.40 bits per heavy atom. The standard InChI is InChI=1S/C14H28N2O4/c1-14(2,3)20-13(18)15(4)6-5-12(17)11-16-7-9-19-10-8-16/h12,17H,5-11H2,1-4H3/t12-/m1/s1. The molecule has 0 spiro atoms. The maximum Gasteiger partial charge on any atom is 0.410 e. The number of nitrogens with zero attached hydrogens (tertiary/aromatic N) is 2. The third kappa shape index (κ3) is 7.07. The van der Waals surface area contributed by atoms with E-state index in [0.29, 0.717) is 19.5 Å². The lowest BCUT2D eigenvalue weighted by atomic mass is 10.2. The van der Waals surface area contributed by atoms with Crippen LogP contribution in [0.3, 0.4) is 0 Å². The minimum atomic E-state index is -0.488. The summed E-state index contributed by atoms with van der Waals surface area (Å²) >= 11 is 0. The minimum Gasteiger partial charge on any atom is -0.444 e. The van der Waals surface area contributed by atoms with E-state index in [2.05, 4.69) is 4.90 Å². The maximum absolute atomic E-state index is 11.8. The molecule has 0 aromatic rings. The van der Waals surface area contributed by atoms with Crippen LogP contribution in [0.15, 0.2) is 0 Å². The Labute approximate surface area is 121 Å². The number of hydrogen-bond acceptors (Lipinski definition) is 5. The average Bonchev–Trinajstić information content (AvgIpc) is 2.35. The normalized spacial score (nSPS) is 18.6. The summed E-state index contributed by atoms with van der Waals surface area (Å²) in [4.78, 5) is 15.4. The molecule has 0 aromatic carbocycles. The van der Waals surface area contributed by atoms with Gasteiger partial charge >= 0.3 is 6.09 Å². The first-order chi connectivity index (χ1) is 9.28. The van der Waals surface area contributed by atoms with Gasteiger partial charge in [-0.15, -0.1) is 0 Å². The number of rotatable bonds is 5. The number of carbonyl (C=O) groups is 1. The number of aliphatic hydroxyl groups is 1. The first-order valence-electron chi connectivity index (χ1n) is 7.20. The quantitative estimate of drug-likeness (QED) is 0.815. The molecule has 1 amide bonds. The second-order valence-corrected chi connectivity index (χ2v) is 6.26. The van der Waals surface area contributed by atoms with E-state index in [1.165, 1.54) is 4.90 Å². The average molecular weight is 288 g/mol. The third-order valence-electron chi connectivity index (χ3n) is 3.08. The number of ether oxygens (including phenoxy) is 2. The second kappa shape index (κ2) is 7.81. The van der Waals surface area contributed by atoms with Crippen molar-refractivity contribution in [1.82, 2.24) is 9.80 Å². The third-order valence-corrected chi connectivity index (χ3v) is 3.08. The van der Waals surface area contributed by atoms with Gasteiger partial charge in [0.2, 0.25) is 0 Å². The summed E-state index contributed by atoms with van der Waals surface area (Å²) < 4.78 is 10.5. The van der Waals surface area contributed by atoms with Gasteiger partial charge in [0.1, 0.15) is 5.60 Å². The zero-order chi connectivity index (χ0) is 15.2. The van der Waals surface area contributed by atoms with E-state index in [9.17, 15) is 9.90 Å². The number of hydrogen-bond donors (Lipinski definition) is 1. The number of carbonyl (C=O) groups excluding carboxylic acids is 1. The van der Waals surface area contributed by atoms with Crippen LogP contribution in [-0.4, -0.2) is 79.1 Å². The van der Waals surface area contributed by atoms with Crippen molar-refractivity contribution in [2.45, 2.75) is 38.9 Å². The van der Waals surface area contributed by atoms with Crippen LogP contribution in [0.5, 0.6) is 0 Å². The Morgan fingerprint density at radius 3 is 2.55 bits per heavy atom. The molecule has 1 atom stereocenters. The second-order valence-electron chi connectivity index (χ2n) is 6.26. The van der Waals surface area contributed by atoms with Crippen LogP contribution in [0.1, 0.15) is 27.2 Å². The Hall–Kier alpha value is -0.850. The lowest BCUT2D eigenvalue weighted by molar-refractivity contribution is 0.00859. The fourth-order valence-corrected chi connectivity index (χ4v) is 1.95. The van der Waals surface area contributed by atoms with E-state index in [-0.39, 0.29) is 6.09 Å². The molecule has 1 N–H and O–H groups in total. The molecule has 1 rings (SSSR count). The van der Waals surface area contributed by atoms with Crippen LogP contribution >= 0.6 is 0 Å². The van der Waals surface area contributed by atoms with Crippen molar-refractivity contribution >= 4 is 6.09 Å². The van der Waals surface area contributed by atoms with Gasteiger partial charge in [-0.05, 0) is 27.2 Å². The smallest absolute Gasteiger partial charge is 0.410 e. The molecular weight excluding hydrogens is 260 g/mol. The highest BCUT2D eigenvalue weighted by Gasteiger charge is 2.21. The van der Waals surface area contributed by atoms with Gasteiger partial charge in [0.05, 0.1) is 19.3 Å². The molecule has 6 heteroatoms. The van der Waals surface area contributed by atoms with E-state index in [1.54, 1.807) is 7.05 Å². The van der Waals surface area contributed by atoms with Crippen molar-refractivity contribution in [3.8, 4) is 0 Å². The van der Waals surface area contributed by atoms with E-state index in [1.807, 2.05) is 20.8 Å². The van der Waals surface area contributed by atoms with Crippen molar-refractivity contribution in [2.75, 3.05) is 46.4 Å². The molecule has 1 aliphatic heterocycles. The van der Waals surface area contributed by atoms with Crippen LogP contribution in [0.25, 0.3) is 0 Å². The topological polar surface area (TPSA) is 62.2 Å². The number of amides is 1. The van der Waals surface area contributed by atoms with Crippen molar-refractivity contribution < 1.29 is 19.4 Å². The minimum absolute atomic E-state index is 0.351. The molecule has 0 saturated carbocycles. The lowest BCUT2D eigenvalue weighted by Crippen LogP contribution is -2.42. The van der Waals surface area contributed by atoms with Gasteiger partial charge in [-0.1, -0.05) is 0 Å². The molecule has 0 unspecified atom stereocenters. The van der Waals surface area contributed by atoms with Gasteiger partial charge in [-0.3, -0.25) is 4.90 Å². The van der Waals surface area contributed by atoms with E-state index in [4.69, 9.17) is 9.47 Å². The van der Waals surface area contributed by atoms with Crippen LogP contribution in [0.4, 0.5) is 4.79 Å². The Bertz CT molecular complexity index is 298. The number of morpholine rings is 1. The van der Waals surface area contributed by atoms with E-state index >= 15 is 0 Å². The first kappa shape index (κ1) is 17.2. The maximum atomic E-state index is 11.8. The molecule has 0 bridgehead atoms. The predicted octanol–water partition coefficient (Wildman–Crippen LogP) is 0.936. The molecule has 0 aromatic heterocycles. The van der Waals surface area contributed by atoms with Gasteiger partial charge in [0.15, 0.2) is 0 Å². The highest BCUT2D eigenvalue weighted by Crippen LogP contribution is 2.10. The summed E-state index contributed by atoms with van der Waals surface area (Å²) in [7, 11) is 1.69. The SMILES string of the molecule is CN(CC[C@@H](O)CN1CCOCC1)C(=O)OC(C)(C)C. The summed E-state index contributed by atoms with van der Waals surface area (Å²) in [5.41, 5.74) is -0.488. The number of aliphatic hydroxyl groups excluding tert-OH is 1. The molecule has 1 fully saturated rings. The zero-order valence-corrected chi connectivity index (χ0v) is 13.1. The fraction of sp³-hybridized carbons (Fsp3) is 0.929. The molecular formula is C14H28N2O4. The van der Waals surface area contributed by atoms with Crippen molar-refractivity contribution in [3.63, 3.8) is 0 Å². The molecule has 0 aliphatic carbocycles. The number of β-amino-alcohol motifs (C(OH)–C–C–N with tert-alkyl or cyclic N) is 1. The molecule has 20 heavy (non-hydrogen) atoms. The largest absolute Gasteiger partial charge is 0.444 e. The van der Waals surface area contributed by atoms with Gasteiger partial charge in [0, 0.05) is 33.2 Å². The zero-order valence-electron chi connectivity index (χ0n) is 13.1.